The van der Waals surface area contributed by atoms with E-state index in [0.29, 0.717) is 12.8 Å². The lowest BCUT2D eigenvalue weighted by Gasteiger charge is -2.21. The molecule has 0 aliphatic carbocycles. The molecule has 1 aliphatic rings. The number of benzene rings is 2. The zero-order chi connectivity index (χ0) is 16.4. The van der Waals surface area contributed by atoms with Crippen LogP contribution in [0.4, 0.5) is 4.39 Å². The number of hydrogen-bond donors (Lipinski definition) is 0. The van der Waals surface area contributed by atoms with E-state index < -0.39 is 0 Å². The van der Waals surface area contributed by atoms with Crippen LogP contribution in [-0.2, 0) is 4.79 Å². The quantitative estimate of drug-likeness (QED) is 0.767. The van der Waals surface area contributed by atoms with Crippen LogP contribution in [0.5, 0.6) is 0 Å². The molecular weight excluding hydrogens is 359 g/mol. The van der Waals surface area contributed by atoms with E-state index >= 15 is 0 Å². The van der Waals surface area contributed by atoms with Gasteiger partial charge in [0.15, 0.2) is 0 Å². The number of nitrogens with zero attached hydrogens (tertiary/aromatic N) is 2. The van der Waals surface area contributed by atoms with Gasteiger partial charge in [0, 0.05) is 17.3 Å². The maximum absolute atomic E-state index is 13.2. The predicted molar refractivity (Wildman–Crippen MR) is 91.6 cm³/mol. The fourth-order valence-corrected chi connectivity index (χ4v) is 2.93. The van der Waals surface area contributed by atoms with Crippen LogP contribution in [0.3, 0.4) is 0 Å². The molecule has 0 spiro atoms. The zero-order valence-electron chi connectivity index (χ0n) is 12.7. The van der Waals surface area contributed by atoms with Gasteiger partial charge < -0.3 is 0 Å². The first kappa shape index (κ1) is 15.9. The maximum Gasteiger partial charge on any atom is 0.242 e. The molecule has 1 atom stereocenters. The Kier molecular flexibility index (Phi) is 4.57. The van der Waals surface area contributed by atoms with Crippen molar-refractivity contribution in [2.24, 2.45) is 5.10 Å². The molecule has 3 nitrogen and oxygen atoms in total. The molecule has 3 rings (SSSR count). The van der Waals surface area contributed by atoms with Gasteiger partial charge in [-0.3, -0.25) is 4.79 Å². The first-order valence-electron chi connectivity index (χ1n) is 7.49. The Bertz CT molecular complexity index is 741. The van der Waals surface area contributed by atoms with Crippen LogP contribution in [0.15, 0.2) is 58.1 Å². The first-order valence-corrected chi connectivity index (χ1v) is 8.28. The highest BCUT2D eigenvalue weighted by Gasteiger charge is 2.32. The number of halogens is 2. The van der Waals surface area contributed by atoms with Crippen LogP contribution in [0.25, 0.3) is 0 Å². The first-order chi connectivity index (χ1) is 11.1. The van der Waals surface area contributed by atoms with E-state index in [1.165, 1.54) is 17.1 Å². The molecule has 2 aromatic carbocycles. The van der Waals surface area contributed by atoms with Gasteiger partial charge in [-0.15, -0.1) is 0 Å². The highest BCUT2D eigenvalue weighted by atomic mass is 79.9. The zero-order valence-corrected chi connectivity index (χ0v) is 14.3. The predicted octanol–water partition coefficient (Wildman–Crippen LogP) is 4.68. The summed E-state index contributed by atoms with van der Waals surface area (Å²) in [6, 6.07) is 14.0. The fraction of sp³-hybridized carbons (Fsp3) is 0.222. The average Bonchev–Trinajstić information content (AvgIpc) is 3.00. The SMILES string of the molecule is CCC(=O)N1N=C(c2ccc(Br)cc2)CC1c1ccc(F)cc1. The number of hydrazone groups is 1. The molecule has 0 saturated heterocycles. The molecule has 0 bridgehead atoms. The molecule has 118 valence electrons. The van der Waals surface area contributed by atoms with E-state index in [1.807, 2.05) is 31.2 Å². The minimum absolute atomic E-state index is 0.0357. The van der Waals surface area contributed by atoms with Crippen molar-refractivity contribution in [1.82, 2.24) is 5.01 Å². The largest absolute Gasteiger partial charge is 0.273 e. The van der Waals surface area contributed by atoms with Gasteiger partial charge in [-0.25, -0.2) is 9.40 Å². The Balaban J connectivity index is 1.93. The summed E-state index contributed by atoms with van der Waals surface area (Å²) in [5.41, 5.74) is 2.75. The lowest BCUT2D eigenvalue weighted by Crippen LogP contribution is -2.26. The van der Waals surface area contributed by atoms with Gasteiger partial charge >= 0.3 is 0 Å². The van der Waals surface area contributed by atoms with Gasteiger partial charge in [-0.05, 0) is 35.4 Å². The van der Waals surface area contributed by atoms with Gasteiger partial charge in [0.1, 0.15) is 5.82 Å². The lowest BCUT2D eigenvalue weighted by atomic mass is 9.98. The van der Waals surface area contributed by atoms with Crippen LogP contribution in [0, 0.1) is 5.82 Å². The Labute approximate surface area is 142 Å². The van der Waals surface area contributed by atoms with Crippen LogP contribution < -0.4 is 0 Å². The number of rotatable bonds is 3. The molecule has 0 N–H and O–H groups in total. The van der Waals surface area contributed by atoms with Gasteiger partial charge in [0.25, 0.3) is 0 Å². The number of amides is 1. The maximum atomic E-state index is 13.2. The van der Waals surface area contributed by atoms with Crippen molar-refractivity contribution in [2.45, 2.75) is 25.8 Å². The van der Waals surface area contributed by atoms with Crippen molar-refractivity contribution in [3.63, 3.8) is 0 Å². The summed E-state index contributed by atoms with van der Waals surface area (Å²) >= 11 is 3.42. The second kappa shape index (κ2) is 6.62. The van der Waals surface area contributed by atoms with E-state index in [-0.39, 0.29) is 17.8 Å². The van der Waals surface area contributed by atoms with Gasteiger partial charge in [-0.1, -0.05) is 47.1 Å². The molecule has 0 fully saturated rings. The normalized spacial score (nSPS) is 17.3. The Morgan fingerprint density at radius 2 is 1.87 bits per heavy atom. The van der Waals surface area contributed by atoms with Gasteiger partial charge in [-0.2, -0.15) is 5.10 Å². The van der Waals surface area contributed by atoms with Crippen molar-refractivity contribution in [3.05, 3.63) is 69.9 Å². The molecule has 1 aliphatic heterocycles. The van der Waals surface area contributed by atoms with Crippen LogP contribution >= 0.6 is 15.9 Å². The third-order valence-electron chi connectivity index (χ3n) is 3.90. The minimum Gasteiger partial charge on any atom is -0.273 e. The molecule has 0 saturated carbocycles. The summed E-state index contributed by atoms with van der Waals surface area (Å²) in [4.78, 5) is 12.2. The molecule has 1 unspecified atom stereocenters. The summed E-state index contributed by atoms with van der Waals surface area (Å²) in [7, 11) is 0. The van der Waals surface area contributed by atoms with E-state index in [4.69, 9.17) is 0 Å². The van der Waals surface area contributed by atoms with E-state index in [2.05, 4.69) is 21.0 Å². The third kappa shape index (κ3) is 3.34. The van der Waals surface area contributed by atoms with Gasteiger partial charge in [0.05, 0.1) is 11.8 Å². The lowest BCUT2D eigenvalue weighted by molar-refractivity contribution is -0.132. The fourth-order valence-electron chi connectivity index (χ4n) is 2.66. The van der Waals surface area contributed by atoms with Crippen molar-refractivity contribution in [3.8, 4) is 0 Å². The standard InChI is InChI=1S/C18H16BrFN2O/c1-2-18(23)22-17(13-5-9-15(20)10-6-13)11-16(21-22)12-3-7-14(19)8-4-12/h3-10,17H,2,11H2,1H3. The second-order valence-corrected chi connectivity index (χ2v) is 6.33. The second-order valence-electron chi connectivity index (χ2n) is 5.42. The summed E-state index contributed by atoms with van der Waals surface area (Å²) in [5, 5.41) is 6.06. The van der Waals surface area contributed by atoms with Crippen LogP contribution in [0.2, 0.25) is 0 Å². The molecule has 0 aromatic heterocycles. The molecule has 2 aromatic rings. The Hall–Kier alpha value is -2.01. The Morgan fingerprint density at radius 1 is 1.22 bits per heavy atom. The summed E-state index contributed by atoms with van der Waals surface area (Å²) in [5.74, 6) is -0.319. The molecule has 1 amide bonds. The number of carbonyl (C=O) groups is 1. The minimum atomic E-state index is -0.283. The van der Waals surface area contributed by atoms with E-state index in [1.54, 1.807) is 12.1 Å². The molecule has 23 heavy (non-hydrogen) atoms. The topological polar surface area (TPSA) is 32.7 Å². The molecular formula is C18H16BrFN2O. The van der Waals surface area contributed by atoms with Crippen molar-refractivity contribution < 1.29 is 9.18 Å². The van der Waals surface area contributed by atoms with Crippen molar-refractivity contribution in [1.29, 1.82) is 0 Å². The number of carbonyl (C=O) groups excluding carboxylic acids is 1. The highest BCUT2D eigenvalue weighted by molar-refractivity contribution is 9.10. The van der Waals surface area contributed by atoms with Crippen LogP contribution in [-0.4, -0.2) is 16.6 Å². The van der Waals surface area contributed by atoms with E-state index in [0.717, 1.165) is 21.3 Å². The molecule has 1 heterocycles. The average molecular weight is 375 g/mol. The summed E-state index contributed by atoms with van der Waals surface area (Å²) < 4.78 is 14.2. The molecule has 0 radical (unpaired) electrons. The molecule has 5 heteroatoms. The third-order valence-corrected chi connectivity index (χ3v) is 4.43. The summed E-state index contributed by atoms with van der Waals surface area (Å²) in [6.45, 7) is 1.82. The summed E-state index contributed by atoms with van der Waals surface area (Å²) in [6.07, 6.45) is 1.01. The highest BCUT2D eigenvalue weighted by Crippen LogP contribution is 2.33. The van der Waals surface area contributed by atoms with Crippen LogP contribution in [0.1, 0.15) is 36.9 Å². The monoisotopic (exact) mass is 374 g/mol. The van der Waals surface area contributed by atoms with Crippen molar-refractivity contribution in [2.75, 3.05) is 0 Å². The van der Waals surface area contributed by atoms with Crippen molar-refractivity contribution >= 4 is 27.5 Å². The van der Waals surface area contributed by atoms with E-state index in [9.17, 15) is 9.18 Å². The Morgan fingerprint density at radius 3 is 2.48 bits per heavy atom. The van der Waals surface area contributed by atoms with Gasteiger partial charge in [0.2, 0.25) is 5.91 Å². The smallest absolute Gasteiger partial charge is 0.242 e. The number of hydrogen-bond acceptors (Lipinski definition) is 2.